The number of hydrogen-bond donors (Lipinski definition) is 1. The fraction of sp³-hybridized carbons (Fsp3) is 0.444. The zero-order valence-electron chi connectivity index (χ0n) is 7.06. The third kappa shape index (κ3) is 1.74. The molecule has 1 aromatic rings. The lowest BCUT2D eigenvalue weighted by atomic mass is 10.0. The third-order valence-electron chi connectivity index (χ3n) is 2.32. The summed E-state index contributed by atoms with van der Waals surface area (Å²) < 4.78 is 14.0. The smallest absolute Gasteiger partial charge is 0.159 e. The molecule has 2 rings (SSSR count). The molecular weight excluding hydrogens is 235 g/mol. The third-order valence-corrected chi connectivity index (χ3v) is 2.93. The monoisotopic (exact) mass is 244 g/mol. The standard InChI is InChI=1S/C9H10BrFN2/c10-7-2-4-13-9(8(7)11)6-1-3-12-5-6/h2,4,6,12H,1,3,5H2. The summed E-state index contributed by atoms with van der Waals surface area (Å²) in [6, 6.07) is 1.63. The predicted octanol–water partition coefficient (Wildman–Crippen LogP) is 2.06. The molecule has 0 bridgehead atoms. The molecule has 0 saturated carbocycles. The number of aromatic nitrogens is 1. The maximum absolute atomic E-state index is 13.5. The zero-order chi connectivity index (χ0) is 9.26. The summed E-state index contributed by atoms with van der Waals surface area (Å²) in [6.07, 6.45) is 2.61. The van der Waals surface area contributed by atoms with Gasteiger partial charge in [-0.05, 0) is 35.0 Å². The number of nitrogens with one attached hydrogen (secondary N) is 1. The van der Waals surface area contributed by atoms with Gasteiger partial charge in [-0.1, -0.05) is 0 Å². The Labute approximate surface area is 84.7 Å². The summed E-state index contributed by atoms with van der Waals surface area (Å²) in [7, 11) is 0. The molecular formula is C9H10BrFN2. The molecule has 1 aliphatic rings. The van der Waals surface area contributed by atoms with Gasteiger partial charge in [0.1, 0.15) is 0 Å². The summed E-state index contributed by atoms with van der Waals surface area (Å²) in [5.41, 5.74) is 0.583. The lowest BCUT2D eigenvalue weighted by Crippen LogP contribution is -2.10. The first kappa shape index (κ1) is 9.09. The molecule has 1 fully saturated rings. The van der Waals surface area contributed by atoms with Crippen molar-refractivity contribution >= 4 is 15.9 Å². The van der Waals surface area contributed by atoms with Crippen LogP contribution in [-0.2, 0) is 0 Å². The fourth-order valence-corrected chi connectivity index (χ4v) is 1.93. The van der Waals surface area contributed by atoms with E-state index in [1.54, 1.807) is 12.3 Å². The Morgan fingerprint density at radius 1 is 1.62 bits per heavy atom. The van der Waals surface area contributed by atoms with Gasteiger partial charge in [0.2, 0.25) is 0 Å². The average molecular weight is 245 g/mol. The van der Waals surface area contributed by atoms with Crippen molar-refractivity contribution < 1.29 is 4.39 Å². The normalized spacial score (nSPS) is 22.2. The van der Waals surface area contributed by atoms with E-state index in [0.29, 0.717) is 10.2 Å². The van der Waals surface area contributed by atoms with Crippen molar-refractivity contribution in [3.63, 3.8) is 0 Å². The van der Waals surface area contributed by atoms with Crippen molar-refractivity contribution in [3.05, 3.63) is 28.2 Å². The molecule has 0 aliphatic carbocycles. The van der Waals surface area contributed by atoms with E-state index in [9.17, 15) is 4.39 Å². The average Bonchev–Trinajstić information content (AvgIpc) is 2.62. The van der Waals surface area contributed by atoms with Crippen LogP contribution in [0.1, 0.15) is 18.0 Å². The van der Waals surface area contributed by atoms with Gasteiger partial charge in [0.05, 0.1) is 10.2 Å². The summed E-state index contributed by atoms with van der Waals surface area (Å²) >= 11 is 3.16. The Balaban J connectivity index is 2.33. The number of rotatable bonds is 1. The Morgan fingerprint density at radius 3 is 3.15 bits per heavy atom. The largest absolute Gasteiger partial charge is 0.316 e. The van der Waals surface area contributed by atoms with E-state index in [0.717, 1.165) is 19.5 Å². The molecule has 1 aliphatic heterocycles. The molecule has 0 spiro atoms. The van der Waals surface area contributed by atoms with Crippen LogP contribution in [0.25, 0.3) is 0 Å². The summed E-state index contributed by atoms with van der Waals surface area (Å²) in [5.74, 6) is 0.0219. The van der Waals surface area contributed by atoms with Crippen molar-refractivity contribution in [2.75, 3.05) is 13.1 Å². The van der Waals surface area contributed by atoms with Crippen molar-refractivity contribution in [2.45, 2.75) is 12.3 Å². The molecule has 4 heteroatoms. The van der Waals surface area contributed by atoms with Crippen LogP contribution in [0.2, 0.25) is 0 Å². The Hall–Kier alpha value is -0.480. The highest BCUT2D eigenvalue weighted by molar-refractivity contribution is 9.10. The molecule has 1 unspecified atom stereocenters. The van der Waals surface area contributed by atoms with E-state index in [1.807, 2.05) is 0 Å². The predicted molar refractivity (Wildman–Crippen MR) is 52.1 cm³/mol. The first-order chi connectivity index (χ1) is 6.29. The molecule has 0 aromatic carbocycles. The molecule has 2 heterocycles. The van der Waals surface area contributed by atoms with E-state index in [-0.39, 0.29) is 11.7 Å². The van der Waals surface area contributed by atoms with Crippen LogP contribution in [0.5, 0.6) is 0 Å². The molecule has 1 aromatic heterocycles. The number of pyridine rings is 1. The van der Waals surface area contributed by atoms with Crippen molar-refractivity contribution in [1.29, 1.82) is 0 Å². The molecule has 13 heavy (non-hydrogen) atoms. The topological polar surface area (TPSA) is 24.9 Å². The minimum atomic E-state index is -0.212. The van der Waals surface area contributed by atoms with Crippen LogP contribution in [-0.4, -0.2) is 18.1 Å². The van der Waals surface area contributed by atoms with Crippen molar-refractivity contribution in [3.8, 4) is 0 Å². The maximum atomic E-state index is 13.5. The van der Waals surface area contributed by atoms with Gasteiger partial charge < -0.3 is 5.32 Å². The van der Waals surface area contributed by atoms with Gasteiger partial charge in [-0.3, -0.25) is 4.98 Å². The van der Waals surface area contributed by atoms with Crippen LogP contribution in [0.15, 0.2) is 16.7 Å². The van der Waals surface area contributed by atoms with Gasteiger partial charge in [-0.15, -0.1) is 0 Å². The first-order valence-electron chi connectivity index (χ1n) is 4.29. The van der Waals surface area contributed by atoms with Gasteiger partial charge in [-0.25, -0.2) is 4.39 Å². The van der Waals surface area contributed by atoms with Crippen LogP contribution in [0.4, 0.5) is 4.39 Å². The lowest BCUT2D eigenvalue weighted by Gasteiger charge is -2.08. The van der Waals surface area contributed by atoms with E-state index < -0.39 is 0 Å². The van der Waals surface area contributed by atoms with Crippen molar-refractivity contribution in [1.82, 2.24) is 10.3 Å². The maximum Gasteiger partial charge on any atom is 0.159 e. The van der Waals surface area contributed by atoms with Crippen LogP contribution in [0, 0.1) is 5.82 Å². The summed E-state index contributed by atoms with van der Waals surface area (Å²) in [5, 5.41) is 3.20. The molecule has 70 valence electrons. The summed E-state index contributed by atoms with van der Waals surface area (Å²) in [4.78, 5) is 4.08. The Kier molecular flexibility index (Phi) is 2.60. The minimum absolute atomic E-state index is 0.212. The molecule has 2 nitrogen and oxygen atoms in total. The second-order valence-electron chi connectivity index (χ2n) is 3.18. The Bertz CT molecular complexity index is 310. The van der Waals surface area contributed by atoms with E-state index in [2.05, 4.69) is 26.2 Å². The quantitative estimate of drug-likeness (QED) is 0.819. The van der Waals surface area contributed by atoms with E-state index >= 15 is 0 Å². The van der Waals surface area contributed by atoms with Gasteiger partial charge in [0.25, 0.3) is 0 Å². The fourth-order valence-electron chi connectivity index (χ4n) is 1.61. The van der Waals surface area contributed by atoms with Gasteiger partial charge in [0, 0.05) is 18.7 Å². The van der Waals surface area contributed by atoms with Gasteiger partial charge in [-0.2, -0.15) is 0 Å². The second-order valence-corrected chi connectivity index (χ2v) is 4.04. The summed E-state index contributed by atoms with van der Waals surface area (Å²) in [6.45, 7) is 1.79. The molecule has 1 atom stereocenters. The van der Waals surface area contributed by atoms with Crippen LogP contribution < -0.4 is 5.32 Å². The first-order valence-corrected chi connectivity index (χ1v) is 5.09. The van der Waals surface area contributed by atoms with Crippen LogP contribution in [0.3, 0.4) is 0 Å². The number of nitrogens with zero attached hydrogens (tertiary/aromatic N) is 1. The Morgan fingerprint density at radius 2 is 2.46 bits per heavy atom. The zero-order valence-corrected chi connectivity index (χ0v) is 8.64. The second kappa shape index (κ2) is 3.72. The number of hydrogen-bond acceptors (Lipinski definition) is 2. The molecule has 0 amide bonds. The highest BCUT2D eigenvalue weighted by Gasteiger charge is 2.22. The van der Waals surface area contributed by atoms with Gasteiger partial charge >= 0.3 is 0 Å². The minimum Gasteiger partial charge on any atom is -0.316 e. The number of halogens is 2. The molecule has 0 radical (unpaired) electrons. The highest BCUT2D eigenvalue weighted by Crippen LogP contribution is 2.26. The van der Waals surface area contributed by atoms with E-state index in [4.69, 9.17) is 0 Å². The van der Waals surface area contributed by atoms with Gasteiger partial charge in [0.15, 0.2) is 5.82 Å². The lowest BCUT2D eigenvalue weighted by molar-refractivity contribution is 0.567. The SMILES string of the molecule is Fc1c(Br)ccnc1C1CCNC1. The van der Waals surface area contributed by atoms with Crippen molar-refractivity contribution in [2.24, 2.45) is 0 Å². The van der Waals surface area contributed by atoms with E-state index in [1.165, 1.54) is 0 Å². The van der Waals surface area contributed by atoms with Crippen LogP contribution >= 0.6 is 15.9 Å². The highest BCUT2D eigenvalue weighted by atomic mass is 79.9. The molecule has 1 N–H and O–H groups in total. The molecule has 1 saturated heterocycles.